The number of likely N-dealkylation sites (tertiary alicyclic amines) is 2. The molecule has 0 atom stereocenters. The Morgan fingerprint density at radius 1 is 0.703 bits per heavy atom. The molecule has 0 aromatic carbocycles. The van der Waals surface area contributed by atoms with E-state index in [-0.39, 0.29) is 9.29 Å². The quantitative estimate of drug-likeness (QED) is 0.360. The number of aliphatic hydroxyl groups is 3. The smallest absolute Gasteiger partial charge is 0.370 e. The number of carboxylic acids is 1. The van der Waals surface area contributed by atoms with Crippen LogP contribution >= 0.6 is 0 Å². The second kappa shape index (κ2) is 9.44. The number of piperidine rings is 2. The van der Waals surface area contributed by atoms with Crippen LogP contribution in [-0.4, -0.2) is 102 Å². The minimum absolute atomic E-state index is 0.240. The van der Waals surface area contributed by atoms with Crippen LogP contribution in [0.25, 0.3) is 0 Å². The number of aliphatic hydroxyl groups excluding tert-OH is 2. The average molecular weight is 533 g/mol. The van der Waals surface area contributed by atoms with Crippen molar-refractivity contribution in [3.05, 3.63) is 0 Å². The topological polar surface area (TPSA) is 151 Å². The molecule has 37 heavy (non-hydrogen) atoms. The lowest BCUT2D eigenvalue weighted by atomic mass is 9.78. The van der Waals surface area contributed by atoms with E-state index in [1.807, 2.05) is 55.4 Å². The molecule has 0 radical (unpaired) electrons. The Labute approximate surface area is 220 Å². The summed E-state index contributed by atoms with van der Waals surface area (Å²) >= 11 is 0. The van der Waals surface area contributed by atoms with Crippen molar-refractivity contribution in [1.29, 1.82) is 0 Å². The molecule has 2 rings (SSSR count). The Bertz CT molecular complexity index is 825. The van der Waals surface area contributed by atoms with Crippen molar-refractivity contribution in [2.45, 2.75) is 134 Å². The zero-order valence-corrected chi connectivity index (χ0v) is 24.1. The minimum Gasteiger partial charge on any atom is -0.479 e. The van der Waals surface area contributed by atoms with Gasteiger partial charge >= 0.3 is 17.9 Å². The first-order valence-corrected chi connectivity index (χ1v) is 12.8. The summed E-state index contributed by atoms with van der Waals surface area (Å²) in [5.41, 5.74) is -5.56. The van der Waals surface area contributed by atoms with Gasteiger partial charge in [0.2, 0.25) is 0 Å². The third-order valence-electron chi connectivity index (χ3n) is 9.40. The van der Waals surface area contributed by atoms with E-state index in [0.717, 1.165) is 0 Å². The second-order valence-corrected chi connectivity index (χ2v) is 13.8. The van der Waals surface area contributed by atoms with Crippen molar-refractivity contribution < 1.29 is 53.8 Å². The van der Waals surface area contributed by atoms with Crippen LogP contribution in [0, 0.1) is 0 Å². The Balaban J connectivity index is 2.25. The highest BCUT2D eigenvalue weighted by Gasteiger charge is 2.62. The first kappa shape index (κ1) is 31.4. The molecule has 2 saturated heterocycles. The first-order valence-electron chi connectivity index (χ1n) is 12.8. The summed E-state index contributed by atoms with van der Waals surface area (Å²) in [6, 6.07) is 0. The Kier molecular flexibility index (Phi) is 8.02. The maximum absolute atomic E-state index is 13.1. The SMILES string of the molecule is CC1(C)CC(O)CC(C)(C)[N+]1(C)OC(=O)CC(O)(CC(=O)O[N+]1(C)C(C)(C)CC(O)CC1(C)C)C(=O)O. The zero-order valence-electron chi connectivity index (χ0n) is 24.1. The standard InChI is InChI=1S/C26H47N2O9/c1-22(2)11-17(29)12-23(3,4)27(22,9)36-19(31)15-26(35,21(33)34)16-20(32)37-28(10)24(5,6)13-18(30)14-25(28,7)8/h17-18,29-30,35H,11-16H2,1-10H3/q+1/p+1. The van der Waals surface area contributed by atoms with Crippen molar-refractivity contribution in [3.63, 3.8) is 0 Å². The van der Waals surface area contributed by atoms with Crippen molar-refractivity contribution in [2.75, 3.05) is 14.1 Å². The fourth-order valence-electron chi connectivity index (χ4n) is 6.44. The number of hydrogen-bond acceptors (Lipinski definition) is 8. The highest BCUT2D eigenvalue weighted by Crippen LogP contribution is 2.46. The summed E-state index contributed by atoms with van der Waals surface area (Å²) in [6.07, 6.45) is -1.69. The van der Waals surface area contributed by atoms with Gasteiger partial charge in [-0.3, -0.25) is 9.68 Å². The van der Waals surface area contributed by atoms with Gasteiger partial charge < -0.3 is 20.4 Å². The monoisotopic (exact) mass is 532 g/mol. The number of nitrogens with zero attached hydrogens (tertiary/aromatic N) is 2. The van der Waals surface area contributed by atoms with Crippen LogP contribution in [0.4, 0.5) is 0 Å². The average Bonchev–Trinajstić information content (AvgIpc) is 2.62. The number of carboxylic acid groups (broad SMARTS) is 1. The van der Waals surface area contributed by atoms with Gasteiger partial charge in [0.1, 0.15) is 36.3 Å². The largest absolute Gasteiger partial charge is 0.479 e. The van der Waals surface area contributed by atoms with Gasteiger partial charge in [-0.2, -0.15) is 0 Å². The predicted octanol–water partition coefficient (Wildman–Crippen LogP) is 1.82. The third-order valence-corrected chi connectivity index (χ3v) is 9.40. The second-order valence-electron chi connectivity index (χ2n) is 13.8. The number of hydroxylamine groups is 6. The van der Waals surface area contributed by atoms with Gasteiger partial charge in [0.15, 0.2) is 5.60 Å². The normalized spacial score (nSPS) is 35.6. The van der Waals surface area contributed by atoms with E-state index < -0.39 is 70.7 Å². The number of rotatable bonds is 7. The summed E-state index contributed by atoms with van der Waals surface area (Å²) in [4.78, 5) is 49.8. The number of carbonyl (C=O) groups is 3. The van der Waals surface area contributed by atoms with Crippen LogP contribution in [0.3, 0.4) is 0 Å². The molecule has 0 saturated carbocycles. The number of hydrogen-bond donors (Lipinski definition) is 4. The summed E-state index contributed by atoms with van der Waals surface area (Å²) in [5, 5.41) is 41.4. The van der Waals surface area contributed by atoms with Crippen molar-refractivity contribution in [2.24, 2.45) is 0 Å². The lowest BCUT2D eigenvalue weighted by Gasteiger charge is -2.56. The highest BCUT2D eigenvalue weighted by molar-refractivity contribution is 5.88. The van der Waals surface area contributed by atoms with E-state index in [1.165, 1.54) is 0 Å². The summed E-state index contributed by atoms with van der Waals surface area (Å²) in [7, 11) is 3.38. The minimum atomic E-state index is -2.75. The number of carbonyl (C=O) groups excluding carboxylic acids is 2. The molecule has 0 amide bonds. The Hall–Kier alpha value is -1.79. The summed E-state index contributed by atoms with van der Waals surface area (Å²) < 4.78 is -0.481. The van der Waals surface area contributed by atoms with E-state index in [1.54, 1.807) is 14.1 Å². The Morgan fingerprint density at radius 2 is 0.946 bits per heavy atom. The van der Waals surface area contributed by atoms with Crippen molar-refractivity contribution in [1.82, 2.24) is 0 Å². The molecule has 2 fully saturated rings. The van der Waals surface area contributed by atoms with Crippen LogP contribution in [0.15, 0.2) is 0 Å². The molecular weight excluding hydrogens is 484 g/mol. The van der Waals surface area contributed by atoms with Gasteiger partial charge in [-0.25, -0.2) is 14.4 Å². The lowest BCUT2D eigenvalue weighted by molar-refractivity contribution is -1.15. The van der Waals surface area contributed by atoms with Crippen LogP contribution in [-0.2, 0) is 24.1 Å². The lowest BCUT2D eigenvalue weighted by Crippen LogP contribution is -2.73. The summed E-state index contributed by atoms with van der Waals surface area (Å²) in [5.74, 6) is -3.72. The maximum Gasteiger partial charge on any atom is 0.370 e. The van der Waals surface area contributed by atoms with E-state index in [0.29, 0.717) is 25.7 Å². The number of quaternary nitrogens is 2. The molecule has 214 valence electrons. The molecule has 0 aliphatic carbocycles. The van der Waals surface area contributed by atoms with Crippen molar-refractivity contribution >= 4 is 17.9 Å². The van der Waals surface area contributed by atoms with Gasteiger partial charge in [-0.1, -0.05) is 0 Å². The fraction of sp³-hybridized carbons (Fsp3) is 0.885. The van der Waals surface area contributed by atoms with Gasteiger partial charge in [-0.05, 0) is 55.4 Å². The maximum atomic E-state index is 13.1. The third kappa shape index (κ3) is 5.52. The molecule has 0 unspecified atom stereocenters. The molecule has 4 N–H and O–H groups in total. The first-order chi connectivity index (χ1) is 16.3. The fourth-order valence-corrected chi connectivity index (χ4v) is 6.44. The molecule has 0 spiro atoms. The van der Waals surface area contributed by atoms with Crippen LogP contribution < -0.4 is 0 Å². The molecule has 11 nitrogen and oxygen atoms in total. The van der Waals surface area contributed by atoms with E-state index in [4.69, 9.17) is 9.68 Å². The highest BCUT2D eigenvalue weighted by atomic mass is 16.8. The molecule has 0 aromatic heterocycles. The van der Waals surface area contributed by atoms with Crippen LogP contribution in [0.1, 0.15) is 93.9 Å². The predicted molar refractivity (Wildman–Crippen MR) is 133 cm³/mol. The van der Waals surface area contributed by atoms with Gasteiger partial charge in [0, 0.05) is 25.7 Å². The van der Waals surface area contributed by atoms with E-state index in [2.05, 4.69) is 0 Å². The molecule has 2 aliphatic heterocycles. The number of aliphatic carboxylic acids is 1. The molecule has 2 heterocycles. The van der Waals surface area contributed by atoms with Gasteiger partial charge in [-0.15, -0.1) is 9.29 Å². The molecule has 0 aromatic rings. The Morgan fingerprint density at radius 3 is 1.16 bits per heavy atom. The molecule has 0 bridgehead atoms. The van der Waals surface area contributed by atoms with Gasteiger partial charge in [0.05, 0.1) is 25.0 Å². The molecule has 2 aliphatic rings. The van der Waals surface area contributed by atoms with Gasteiger partial charge in [0.25, 0.3) is 0 Å². The van der Waals surface area contributed by atoms with Crippen molar-refractivity contribution in [3.8, 4) is 0 Å². The molecular formula is C26H48N2O9+2. The van der Waals surface area contributed by atoms with Crippen LogP contribution in [0.2, 0.25) is 0 Å². The summed E-state index contributed by atoms with van der Waals surface area (Å²) in [6.45, 7) is 14.7. The van der Waals surface area contributed by atoms with Crippen LogP contribution in [0.5, 0.6) is 0 Å². The molecule has 11 heteroatoms. The van der Waals surface area contributed by atoms with E-state index >= 15 is 0 Å². The zero-order chi connectivity index (χ0) is 29.0. The van der Waals surface area contributed by atoms with E-state index in [9.17, 15) is 34.8 Å².